The van der Waals surface area contributed by atoms with E-state index in [0.29, 0.717) is 11.3 Å². The predicted octanol–water partition coefficient (Wildman–Crippen LogP) is 0.838. The Morgan fingerprint density at radius 1 is 1.31 bits per heavy atom. The average molecular weight is 220 g/mol. The number of aliphatic carboxylic acids is 1. The number of carboxylic acid groups (broad SMARTS) is 1. The van der Waals surface area contributed by atoms with Crippen LogP contribution in [-0.4, -0.2) is 23.5 Å². The Morgan fingerprint density at radius 2 is 1.88 bits per heavy atom. The molecule has 16 heavy (non-hydrogen) atoms. The SMILES string of the molecule is C=C(CNc1ccc(C(N)=O)cc1)C(=O)O. The summed E-state index contributed by atoms with van der Waals surface area (Å²) < 4.78 is 0. The van der Waals surface area contributed by atoms with Gasteiger partial charge in [-0.25, -0.2) is 4.79 Å². The van der Waals surface area contributed by atoms with Crippen molar-refractivity contribution in [2.45, 2.75) is 0 Å². The van der Waals surface area contributed by atoms with Gasteiger partial charge in [0.2, 0.25) is 5.91 Å². The summed E-state index contributed by atoms with van der Waals surface area (Å²) >= 11 is 0. The van der Waals surface area contributed by atoms with Gasteiger partial charge in [0, 0.05) is 23.4 Å². The summed E-state index contributed by atoms with van der Waals surface area (Å²) in [6.45, 7) is 3.52. The number of carboxylic acids is 1. The molecule has 0 aromatic heterocycles. The fourth-order valence-electron chi connectivity index (χ4n) is 1.04. The van der Waals surface area contributed by atoms with E-state index >= 15 is 0 Å². The lowest BCUT2D eigenvalue weighted by Crippen LogP contribution is -2.12. The normalized spacial score (nSPS) is 9.50. The van der Waals surface area contributed by atoms with Crippen LogP contribution in [0.2, 0.25) is 0 Å². The number of carbonyl (C=O) groups excluding carboxylic acids is 1. The van der Waals surface area contributed by atoms with Gasteiger partial charge in [-0.15, -0.1) is 0 Å². The molecule has 0 aliphatic heterocycles. The number of nitrogens with two attached hydrogens (primary N) is 1. The molecule has 0 bridgehead atoms. The Balaban J connectivity index is 2.59. The second-order valence-corrected chi connectivity index (χ2v) is 3.20. The lowest BCUT2D eigenvalue weighted by Gasteiger charge is -2.06. The minimum Gasteiger partial charge on any atom is -0.478 e. The zero-order chi connectivity index (χ0) is 12.1. The predicted molar refractivity (Wildman–Crippen MR) is 60.2 cm³/mol. The van der Waals surface area contributed by atoms with Crippen LogP contribution in [0.3, 0.4) is 0 Å². The van der Waals surface area contributed by atoms with Crippen molar-refractivity contribution in [3.63, 3.8) is 0 Å². The van der Waals surface area contributed by atoms with Crippen LogP contribution in [0.5, 0.6) is 0 Å². The summed E-state index contributed by atoms with van der Waals surface area (Å²) in [6, 6.07) is 6.42. The third-order valence-corrected chi connectivity index (χ3v) is 1.98. The highest BCUT2D eigenvalue weighted by Gasteiger charge is 2.03. The molecule has 0 aliphatic carbocycles. The van der Waals surface area contributed by atoms with Crippen molar-refractivity contribution in [2.24, 2.45) is 5.73 Å². The fraction of sp³-hybridized carbons (Fsp3) is 0.0909. The first-order valence-corrected chi connectivity index (χ1v) is 4.55. The number of hydrogen-bond acceptors (Lipinski definition) is 3. The average Bonchev–Trinajstić information content (AvgIpc) is 2.26. The summed E-state index contributed by atoms with van der Waals surface area (Å²) in [7, 11) is 0. The molecule has 0 unspecified atom stereocenters. The van der Waals surface area contributed by atoms with Crippen LogP contribution in [0.25, 0.3) is 0 Å². The van der Waals surface area contributed by atoms with E-state index in [1.54, 1.807) is 24.3 Å². The monoisotopic (exact) mass is 220 g/mol. The Kier molecular flexibility index (Phi) is 3.66. The highest BCUT2D eigenvalue weighted by molar-refractivity contribution is 5.93. The van der Waals surface area contributed by atoms with Crippen LogP contribution in [0.1, 0.15) is 10.4 Å². The molecule has 5 heteroatoms. The molecule has 84 valence electrons. The molecule has 1 aromatic carbocycles. The van der Waals surface area contributed by atoms with Crippen molar-refractivity contribution in [2.75, 3.05) is 11.9 Å². The molecule has 0 heterocycles. The Bertz CT molecular complexity index is 423. The molecule has 0 saturated heterocycles. The number of rotatable bonds is 5. The molecule has 1 rings (SSSR count). The summed E-state index contributed by atoms with van der Waals surface area (Å²) in [5.74, 6) is -1.54. The van der Waals surface area contributed by atoms with Crippen molar-refractivity contribution >= 4 is 17.6 Å². The van der Waals surface area contributed by atoms with Crippen molar-refractivity contribution in [3.8, 4) is 0 Å². The van der Waals surface area contributed by atoms with E-state index in [-0.39, 0.29) is 12.1 Å². The van der Waals surface area contributed by atoms with Gasteiger partial charge in [0.25, 0.3) is 0 Å². The second kappa shape index (κ2) is 4.97. The first-order valence-electron chi connectivity index (χ1n) is 4.55. The maximum Gasteiger partial charge on any atom is 0.332 e. The Morgan fingerprint density at radius 3 is 2.31 bits per heavy atom. The van der Waals surface area contributed by atoms with Crippen LogP contribution < -0.4 is 11.1 Å². The zero-order valence-corrected chi connectivity index (χ0v) is 8.56. The highest BCUT2D eigenvalue weighted by Crippen LogP contribution is 2.09. The van der Waals surface area contributed by atoms with Gasteiger partial charge in [-0.3, -0.25) is 4.79 Å². The minimum absolute atomic E-state index is 0.0685. The summed E-state index contributed by atoms with van der Waals surface area (Å²) in [6.07, 6.45) is 0. The lowest BCUT2D eigenvalue weighted by molar-refractivity contribution is -0.132. The van der Waals surface area contributed by atoms with Crippen LogP contribution in [0.15, 0.2) is 36.4 Å². The number of amides is 1. The first-order chi connectivity index (χ1) is 7.50. The standard InChI is InChI=1S/C11H12N2O3/c1-7(11(15)16)6-13-9-4-2-8(3-5-9)10(12)14/h2-5,13H,1,6H2,(H2,12,14)(H,15,16). The number of primary amides is 1. The zero-order valence-electron chi connectivity index (χ0n) is 8.56. The fourth-order valence-corrected chi connectivity index (χ4v) is 1.04. The molecule has 0 aliphatic rings. The second-order valence-electron chi connectivity index (χ2n) is 3.20. The van der Waals surface area contributed by atoms with Crippen LogP contribution in [0, 0.1) is 0 Å². The quantitative estimate of drug-likeness (QED) is 0.641. The van der Waals surface area contributed by atoms with E-state index < -0.39 is 11.9 Å². The van der Waals surface area contributed by atoms with E-state index in [1.807, 2.05) is 0 Å². The molecule has 4 N–H and O–H groups in total. The van der Waals surface area contributed by atoms with E-state index in [1.165, 1.54) is 0 Å². The van der Waals surface area contributed by atoms with Crippen LogP contribution in [-0.2, 0) is 4.79 Å². The van der Waals surface area contributed by atoms with Gasteiger partial charge in [0.1, 0.15) is 0 Å². The van der Waals surface area contributed by atoms with Gasteiger partial charge in [-0.05, 0) is 24.3 Å². The van der Waals surface area contributed by atoms with Crippen molar-refractivity contribution in [1.29, 1.82) is 0 Å². The molecule has 1 amide bonds. The number of benzene rings is 1. The number of nitrogens with one attached hydrogen (secondary N) is 1. The van der Waals surface area contributed by atoms with Gasteiger partial charge in [0.05, 0.1) is 0 Å². The van der Waals surface area contributed by atoms with Crippen LogP contribution >= 0.6 is 0 Å². The van der Waals surface area contributed by atoms with Gasteiger partial charge >= 0.3 is 5.97 Å². The number of anilines is 1. The van der Waals surface area contributed by atoms with Crippen molar-refractivity contribution in [3.05, 3.63) is 42.0 Å². The van der Waals surface area contributed by atoms with Crippen molar-refractivity contribution < 1.29 is 14.7 Å². The van der Waals surface area contributed by atoms with Gasteiger partial charge in [-0.2, -0.15) is 0 Å². The van der Waals surface area contributed by atoms with Gasteiger partial charge in [-0.1, -0.05) is 6.58 Å². The number of carbonyl (C=O) groups is 2. The largest absolute Gasteiger partial charge is 0.478 e. The Labute approximate surface area is 92.6 Å². The smallest absolute Gasteiger partial charge is 0.332 e. The summed E-state index contributed by atoms with van der Waals surface area (Å²) in [4.78, 5) is 21.2. The first kappa shape index (κ1) is 11.8. The molecule has 0 fully saturated rings. The highest BCUT2D eigenvalue weighted by atomic mass is 16.4. The molecular formula is C11H12N2O3. The van der Waals surface area contributed by atoms with Gasteiger partial charge in [0.15, 0.2) is 0 Å². The molecule has 0 atom stereocenters. The third-order valence-electron chi connectivity index (χ3n) is 1.98. The minimum atomic E-state index is -1.04. The topological polar surface area (TPSA) is 92.4 Å². The molecule has 0 radical (unpaired) electrons. The lowest BCUT2D eigenvalue weighted by atomic mass is 10.2. The molecular weight excluding hydrogens is 208 g/mol. The summed E-state index contributed by atoms with van der Waals surface area (Å²) in [5, 5.41) is 11.4. The van der Waals surface area contributed by atoms with E-state index in [4.69, 9.17) is 10.8 Å². The number of hydrogen-bond donors (Lipinski definition) is 3. The van der Waals surface area contributed by atoms with Crippen molar-refractivity contribution in [1.82, 2.24) is 0 Å². The van der Waals surface area contributed by atoms with E-state index in [9.17, 15) is 9.59 Å². The third kappa shape index (κ3) is 3.13. The molecule has 5 nitrogen and oxygen atoms in total. The molecule has 0 saturated carbocycles. The maximum atomic E-state index is 10.8. The van der Waals surface area contributed by atoms with E-state index in [2.05, 4.69) is 11.9 Å². The molecule has 0 spiro atoms. The maximum absolute atomic E-state index is 10.8. The van der Waals surface area contributed by atoms with E-state index in [0.717, 1.165) is 0 Å². The van der Waals surface area contributed by atoms with Crippen LogP contribution in [0.4, 0.5) is 5.69 Å². The molecule has 1 aromatic rings. The Hall–Kier alpha value is -2.30. The van der Waals surface area contributed by atoms with Gasteiger partial charge < -0.3 is 16.2 Å². The summed E-state index contributed by atoms with van der Waals surface area (Å²) in [5.41, 5.74) is 6.25.